The third-order valence-corrected chi connectivity index (χ3v) is 5.31. The van der Waals surface area contributed by atoms with Gasteiger partial charge < -0.3 is 4.74 Å². The molecule has 1 nitrogen and oxygen atoms in total. The Kier molecular flexibility index (Phi) is 7.19. The van der Waals surface area contributed by atoms with Gasteiger partial charge in [0.1, 0.15) is 0 Å². The second kappa shape index (κ2) is 9.82. The number of unbranched alkanes of at least 4 members (excludes halogenated alkanes) is 2. The van der Waals surface area contributed by atoms with Crippen molar-refractivity contribution in [3.05, 3.63) is 64.2 Å². The van der Waals surface area contributed by atoms with Gasteiger partial charge in [-0.2, -0.15) is 8.78 Å². The monoisotopic (exact) mass is 404 g/mol. The first-order valence-electron chi connectivity index (χ1n) is 10.0. The zero-order valence-electron chi connectivity index (χ0n) is 16.4. The Morgan fingerprint density at radius 3 is 2.41 bits per heavy atom. The van der Waals surface area contributed by atoms with Crippen LogP contribution in [0.5, 0.6) is 5.75 Å². The van der Waals surface area contributed by atoms with E-state index in [0.717, 1.165) is 36.5 Å². The van der Waals surface area contributed by atoms with Gasteiger partial charge in [-0.15, -0.1) is 0 Å². The molecule has 3 rings (SSSR count). The van der Waals surface area contributed by atoms with Crippen molar-refractivity contribution < 1.29 is 22.3 Å². The zero-order valence-corrected chi connectivity index (χ0v) is 16.4. The highest BCUT2D eigenvalue weighted by molar-refractivity contribution is 5.47. The number of alkyl halides is 2. The highest BCUT2D eigenvalue weighted by Gasteiger charge is 2.19. The lowest BCUT2D eigenvalue weighted by Crippen LogP contribution is -2.14. The van der Waals surface area contributed by atoms with Gasteiger partial charge in [-0.3, -0.25) is 0 Å². The van der Waals surface area contributed by atoms with Gasteiger partial charge in [-0.25, -0.2) is 8.78 Å². The SMILES string of the molecule is CCCCCC1CCc2cc(C#Cc3cc(F)c(OC(F)F)c(F)c3)ccc2C1. The van der Waals surface area contributed by atoms with Crippen LogP contribution in [0.4, 0.5) is 17.6 Å². The summed E-state index contributed by atoms with van der Waals surface area (Å²) in [6.45, 7) is -1.08. The molecule has 0 spiro atoms. The van der Waals surface area contributed by atoms with Crippen LogP contribution >= 0.6 is 0 Å². The number of hydrogen-bond acceptors (Lipinski definition) is 1. The van der Waals surface area contributed by atoms with Crippen molar-refractivity contribution >= 4 is 0 Å². The number of benzene rings is 2. The first-order chi connectivity index (χ1) is 14.0. The van der Waals surface area contributed by atoms with Crippen LogP contribution in [0.15, 0.2) is 30.3 Å². The van der Waals surface area contributed by atoms with Crippen molar-refractivity contribution in [1.29, 1.82) is 0 Å². The maximum atomic E-state index is 13.8. The predicted molar refractivity (Wildman–Crippen MR) is 105 cm³/mol. The van der Waals surface area contributed by atoms with Gasteiger partial charge in [0.25, 0.3) is 0 Å². The van der Waals surface area contributed by atoms with Crippen molar-refractivity contribution in [2.75, 3.05) is 0 Å². The van der Waals surface area contributed by atoms with E-state index in [2.05, 4.69) is 29.6 Å². The maximum absolute atomic E-state index is 13.8. The lowest BCUT2D eigenvalue weighted by atomic mass is 9.81. The Hall–Kier alpha value is -2.48. The molecule has 0 heterocycles. The fourth-order valence-electron chi connectivity index (χ4n) is 3.82. The van der Waals surface area contributed by atoms with Gasteiger partial charge in [0.15, 0.2) is 17.4 Å². The Morgan fingerprint density at radius 2 is 1.72 bits per heavy atom. The molecule has 0 aromatic heterocycles. The number of aryl methyl sites for hydroxylation is 1. The van der Waals surface area contributed by atoms with E-state index in [9.17, 15) is 17.6 Å². The van der Waals surface area contributed by atoms with Gasteiger partial charge >= 0.3 is 6.61 Å². The van der Waals surface area contributed by atoms with E-state index in [1.807, 2.05) is 12.1 Å². The number of hydrogen-bond donors (Lipinski definition) is 0. The summed E-state index contributed by atoms with van der Waals surface area (Å²) in [7, 11) is 0. The fourth-order valence-corrected chi connectivity index (χ4v) is 3.82. The number of halogens is 4. The van der Waals surface area contributed by atoms with Crippen molar-refractivity contribution in [2.45, 2.75) is 58.5 Å². The molecule has 0 radical (unpaired) electrons. The molecular weight excluding hydrogens is 380 g/mol. The van der Waals surface area contributed by atoms with Gasteiger partial charge in [-0.1, -0.05) is 50.5 Å². The summed E-state index contributed by atoms with van der Waals surface area (Å²) in [5.74, 6) is 2.86. The van der Waals surface area contributed by atoms with Crippen LogP contribution in [0.25, 0.3) is 0 Å². The Labute approximate surface area is 169 Å². The standard InChI is InChI=1S/C24H24F4O/c1-2-3-4-5-16-8-10-20-13-17(9-11-19(20)12-16)6-7-18-14-21(25)23(22(26)15-18)29-24(27)28/h9,11,13-16,24H,2-5,8,10,12H2,1H3. The quantitative estimate of drug-likeness (QED) is 0.297. The predicted octanol–water partition coefficient (Wildman–Crippen LogP) is 6.65. The molecule has 0 aliphatic heterocycles. The summed E-state index contributed by atoms with van der Waals surface area (Å²) in [4.78, 5) is 0. The molecule has 5 heteroatoms. The number of rotatable bonds is 6. The lowest BCUT2D eigenvalue weighted by molar-refractivity contribution is -0.0546. The molecule has 0 saturated heterocycles. The van der Waals surface area contributed by atoms with Crippen LogP contribution in [0, 0.1) is 29.4 Å². The molecule has 0 amide bonds. The summed E-state index contributed by atoms with van der Waals surface area (Å²) in [6.07, 6.45) is 8.37. The molecule has 0 bridgehead atoms. The Morgan fingerprint density at radius 1 is 1.00 bits per heavy atom. The molecule has 0 saturated carbocycles. The van der Waals surface area contributed by atoms with Crippen LogP contribution in [0.3, 0.4) is 0 Å². The third-order valence-electron chi connectivity index (χ3n) is 5.31. The second-order valence-corrected chi connectivity index (χ2v) is 7.49. The van der Waals surface area contributed by atoms with Crippen molar-refractivity contribution in [3.63, 3.8) is 0 Å². The van der Waals surface area contributed by atoms with Crippen molar-refractivity contribution in [2.24, 2.45) is 5.92 Å². The molecule has 1 aliphatic rings. The van der Waals surface area contributed by atoms with Gasteiger partial charge in [-0.05, 0) is 60.6 Å². The minimum Gasteiger partial charge on any atom is -0.429 e. The highest BCUT2D eigenvalue weighted by Crippen LogP contribution is 2.30. The van der Waals surface area contributed by atoms with E-state index in [1.165, 1.54) is 43.2 Å². The minimum atomic E-state index is -3.29. The van der Waals surface area contributed by atoms with E-state index >= 15 is 0 Å². The Bertz CT molecular complexity index is 888. The fraction of sp³-hybridized carbons (Fsp3) is 0.417. The largest absolute Gasteiger partial charge is 0.429 e. The van der Waals surface area contributed by atoms with E-state index < -0.39 is 24.0 Å². The summed E-state index contributed by atoms with van der Waals surface area (Å²) in [5, 5.41) is 0. The third kappa shape index (κ3) is 5.76. The summed E-state index contributed by atoms with van der Waals surface area (Å²) >= 11 is 0. The first kappa shape index (κ1) is 21.2. The van der Waals surface area contributed by atoms with Gasteiger partial charge in [0.05, 0.1) is 0 Å². The normalized spacial score (nSPS) is 15.6. The molecule has 1 atom stereocenters. The van der Waals surface area contributed by atoms with Gasteiger partial charge in [0.2, 0.25) is 0 Å². The van der Waals surface area contributed by atoms with E-state index in [-0.39, 0.29) is 5.56 Å². The van der Waals surface area contributed by atoms with Crippen LogP contribution in [-0.4, -0.2) is 6.61 Å². The number of fused-ring (bicyclic) bond motifs is 1. The lowest BCUT2D eigenvalue weighted by Gasteiger charge is -2.24. The van der Waals surface area contributed by atoms with Crippen LogP contribution in [0.2, 0.25) is 0 Å². The van der Waals surface area contributed by atoms with E-state index in [1.54, 1.807) is 0 Å². The minimum absolute atomic E-state index is 0.0651. The summed E-state index contributed by atoms with van der Waals surface area (Å²) in [5.41, 5.74) is 3.47. The maximum Gasteiger partial charge on any atom is 0.387 e. The first-order valence-corrected chi connectivity index (χ1v) is 10.0. The van der Waals surface area contributed by atoms with Crippen molar-refractivity contribution in [1.82, 2.24) is 0 Å². The second-order valence-electron chi connectivity index (χ2n) is 7.49. The molecule has 2 aromatic rings. The highest BCUT2D eigenvalue weighted by atomic mass is 19.3. The van der Waals surface area contributed by atoms with Crippen LogP contribution in [-0.2, 0) is 12.8 Å². The van der Waals surface area contributed by atoms with Crippen LogP contribution in [0.1, 0.15) is 61.3 Å². The molecule has 154 valence electrons. The summed E-state index contributed by atoms with van der Waals surface area (Å²) in [6, 6.07) is 7.83. The van der Waals surface area contributed by atoms with Crippen LogP contribution < -0.4 is 4.74 Å². The van der Waals surface area contributed by atoms with Crippen molar-refractivity contribution in [3.8, 4) is 17.6 Å². The average Bonchev–Trinajstić information content (AvgIpc) is 2.69. The molecule has 1 aliphatic carbocycles. The van der Waals surface area contributed by atoms with Gasteiger partial charge in [0, 0.05) is 11.1 Å². The molecule has 29 heavy (non-hydrogen) atoms. The molecule has 0 fully saturated rings. The molecule has 2 aromatic carbocycles. The van der Waals surface area contributed by atoms with E-state index in [4.69, 9.17) is 0 Å². The molecular formula is C24H24F4O. The smallest absolute Gasteiger partial charge is 0.387 e. The topological polar surface area (TPSA) is 9.23 Å². The summed E-state index contributed by atoms with van der Waals surface area (Å²) < 4.78 is 55.9. The van der Waals surface area contributed by atoms with E-state index in [0.29, 0.717) is 0 Å². The number of ether oxygens (including phenoxy) is 1. The average molecular weight is 404 g/mol. The molecule has 1 unspecified atom stereocenters. The molecule has 0 N–H and O–H groups in total. The Balaban J connectivity index is 1.71. The zero-order chi connectivity index (χ0) is 20.8.